The van der Waals surface area contributed by atoms with Crippen molar-refractivity contribution < 1.29 is 14.3 Å². The molecule has 1 N–H and O–H groups in total. The average molecular weight is 338 g/mol. The molecule has 2 rings (SSSR count). The molecule has 2 aromatic rings. The number of thiophene rings is 1. The molecule has 0 saturated heterocycles. The van der Waals surface area contributed by atoms with Gasteiger partial charge in [-0.25, -0.2) is 4.98 Å². The lowest BCUT2D eigenvalue weighted by atomic mass is 10.3. The summed E-state index contributed by atoms with van der Waals surface area (Å²) in [5, 5.41) is 5.88. The normalized spacial score (nSPS) is 10.5. The van der Waals surface area contributed by atoms with Gasteiger partial charge in [0.2, 0.25) is 5.91 Å². The predicted octanol–water partition coefficient (Wildman–Crippen LogP) is 3.14. The third-order valence-electron chi connectivity index (χ3n) is 2.85. The van der Waals surface area contributed by atoms with Gasteiger partial charge < -0.3 is 10.1 Å². The molecule has 22 heavy (non-hydrogen) atoms. The molecule has 118 valence electrons. The van der Waals surface area contributed by atoms with E-state index in [1.165, 1.54) is 0 Å². The second-order valence-corrected chi connectivity index (χ2v) is 6.83. The molecule has 0 bridgehead atoms. The van der Waals surface area contributed by atoms with E-state index in [2.05, 4.69) is 10.3 Å². The van der Waals surface area contributed by atoms with E-state index in [1.54, 1.807) is 29.6 Å². The van der Waals surface area contributed by atoms with Gasteiger partial charge in [-0.1, -0.05) is 0 Å². The Morgan fingerprint density at radius 2 is 2.14 bits per heavy atom. The van der Waals surface area contributed by atoms with Gasteiger partial charge >= 0.3 is 5.97 Å². The summed E-state index contributed by atoms with van der Waals surface area (Å²) in [6, 6.07) is 4.00. The topological polar surface area (TPSA) is 68.3 Å². The Morgan fingerprint density at radius 3 is 2.82 bits per heavy atom. The smallest absolute Gasteiger partial charge is 0.306 e. The molecule has 0 aliphatic rings. The zero-order valence-electron chi connectivity index (χ0n) is 12.5. The molecule has 7 heteroatoms. The lowest BCUT2D eigenvalue weighted by Crippen LogP contribution is -2.23. The summed E-state index contributed by atoms with van der Waals surface area (Å²) < 4.78 is 4.79. The lowest BCUT2D eigenvalue weighted by Gasteiger charge is -2.03. The average Bonchev–Trinajstić information content (AvgIpc) is 3.12. The number of aromatic nitrogens is 1. The third kappa shape index (κ3) is 4.92. The van der Waals surface area contributed by atoms with Crippen LogP contribution in [0.3, 0.4) is 0 Å². The van der Waals surface area contributed by atoms with Crippen molar-refractivity contribution in [3.05, 3.63) is 27.4 Å². The number of amides is 1. The summed E-state index contributed by atoms with van der Waals surface area (Å²) >= 11 is 3.23. The molecule has 0 aliphatic heterocycles. The van der Waals surface area contributed by atoms with E-state index >= 15 is 0 Å². The van der Waals surface area contributed by atoms with Crippen LogP contribution < -0.4 is 5.32 Å². The van der Waals surface area contributed by atoms with E-state index in [9.17, 15) is 9.59 Å². The van der Waals surface area contributed by atoms with Gasteiger partial charge in [-0.15, -0.1) is 22.7 Å². The quantitative estimate of drug-likeness (QED) is 0.788. The fourth-order valence-corrected chi connectivity index (χ4v) is 3.41. The number of hydrogen-bond donors (Lipinski definition) is 1. The monoisotopic (exact) mass is 338 g/mol. The van der Waals surface area contributed by atoms with Crippen LogP contribution in [-0.2, 0) is 20.9 Å². The second-order valence-electron chi connectivity index (χ2n) is 4.60. The van der Waals surface area contributed by atoms with Crippen molar-refractivity contribution in [2.45, 2.75) is 33.2 Å². The minimum atomic E-state index is -0.338. The molecular formula is C15H18N2O3S2. The maximum Gasteiger partial charge on any atom is 0.306 e. The molecule has 0 aliphatic carbocycles. The molecule has 2 heterocycles. The molecule has 0 spiro atoms. The second kappa shape index (κ2) is 8.05. The molecule has 0 atom stereocenters. The van der Waals surface area contributed by atoms with Gasteiger partial charge in [0, 0.05) is 16.7 Å². The molecule has 2 aromatic heterocycles. The highest BCUT2D eigenvalue weighted by atomic mass is 32.1. The van der Waals surface area contributed by atoms with Crippen molar-refractivity contribution in [3.8, 4) is 10.6 Å². The summed E-state index contributed by atoms with van der Waals surface area (Å²) in [5.74, 6) is -0.484. The number of nitrogens with zero attached hydrogens (tertiary/aromatic N) is 1. The van der Waals surface area contributed by atoms with Crippen molar-refractivity contribution >= 4 is 34.6 Å². The Balaban J connectivity index is 1.79. The molecule has 0 unspecified atom stereocenters. The van der Waals surface area contributed by atoms with Crippen molar-refractivity contribution in [2.24, 2.45) is 0 Å². The Bertz CT molecular complexity index is 649. The van der Waals surface area contributed by atoms with Crippen LogP contribution in [0.1, 0.15) is 29.7 Å². The third-order valence-corrected chi connectivity index (χ3v) is 4.74. The van der Waals surface area contributed by atoms with E-state index in [-0.39, 0.29) is 24.7 Å². The van der Waals surface area contributed by atoms with E-state index < -0.39 is 0 Å². The van der Waals surface area contributed by atoms with Gasteiger partial charge in [0.1, 0.15) is 0 Å². The molecule has 0 radical (unpaired) electrons. The first-order chi connectivity index (χ1) is 10.6. The summed E-state index contributed by atoms with van der Waals surface area (Å²) in [4.78, 5) is 29.5. The highest BCUT2D eigenvalue weighted by Gasteiger charge is 2.09. The predicted molar refractivity (Wildman–Crippen MR) is 87.9 cm³/mol. The zero-order valence-corrected chi connectivity index (χ0v) is 14.2. The number of rotatable bonds is 7. The number of carbonyl (C=O) groups excluding carboxylic acids is 2. The van der Waals surface area contributed by atoms with Gasteiger partial charge in [0.05, 0.1) is 35.2 Å². The van der Waals surface area contributed by atoms with E-state index in [0.717, 1.165) is 20.5 Å². The zero-order chi connectivity index (χ0) is 15.9. The van der Waals surface area contributed by atoms with Gasteiger partial charge in [0.25, 0.3) is 0 Å². The van der Waals surface area contributed by atoms with Crippen molar-refractivity contribution in [2.75, 3.05) is 6.61 Å². The number of ether oxygens (including phenoxy) is 1. The molecule has 1 amide bonds. The Labute approximate surface area is 137 Å². The molecular weight excluding hydrogens is 320 g/mol. The van der Waals surface area contributed by atoms with E-state index in [1.807, 2.05) is 24.4 Å². The van der Waals surface area contributed by atoms with Crippen molar-refractivity contribution in [3.63, 3.8) is 0 Å². The van der Waals surface area contributed by atoms with Crippen LogP contribution in [0.4, 0.5) is 0 Å². The van der Waals surface area contributed by atoms with Crippen LogP contribution in [0.5, 0.6) is 0 Å². The highest BCUT2D eigenvalue weighted by molar-refractivity contribution is 7.16. The van der Waals surface area contributed by atoms with Crippen LogP contribution in [-0.4, -0.2) is 23.5 Å². The van der Waals surface area contributed by atoms with E-state index in [0.29, 0.717) is 13.2 Å². The highest BCUT2D eigenvalue weighted by Crippen LogP contribution is 2.28. The van der Waals surface area contributed by atoms with Crippen LogP contribution in [0.15, 0.2) is 17.5 Å². The fraction of sp³-hybridized carbons (Fsp3) is 0.400. The lowest BCUT2D eigenvalue weighted by molar-refractivity contribution is -0.144. The van der Waals surface area contributed by atoms with Crippen molar-refractivity contribution in [1.29, 1.82) is 0 Å². The molecule has 0 fully saturated rings. The number of hydrogen-bond acceptors (Lipinski definition) is 6. The summed E-state index contributed by atoms with van der Waals surface area (Å²) in [6.07, 6.45) is 0.274. The number of nitrogens with one attached hydrogen (secondary N) is 1. The Kier molecular flexibility index (Phi) is 6.09. The summed E-state index contributed by atoms with van der Waals surface area (Å²) in [5.41, 5.74) is 0.979. The van der Waals surface area contributed by atoms with Gasteiger partial charge in [-0.2, -0.15) is 0 Å². The number of carbonyl (C=O) groups is 2. The number of thiazole rings is 1. The standard InChI is InChI=1S/C15H18N2O3S2/c1-3-20-15(19)7-6-14(18)16-8-11-4-5-13(22-11)12-9-21-10(2)17-12/h4-5,9H,3,6-8H2,1-2H3,(H,16,18). The Morgan fingerprint density at radius 1 is 1.32 bits per heavy atom. The largest absolute Gasteiger partial charge is 0.466 e. The minimum Gasteiger partial charge on any atom is -0.466 e. The van der Waals surface area contributed by atoms with Crippen LogP contribution >= 0.6 is 22.7 Å². The summed E-state index contributed by atoms with van der Waals surface area (Å²) in [7, 11) is 0. The fourth-order valence-electron chi connectivity index (χ4n) is 1.81. The van der Waals surface area contributed by atoms with Crippen molar-refractivity contribution in [1.82, 2.24) is 10.3 Å². The molecule has 5 nitrogen and oxygen atoms in total. The first kappa shape index (κ1) is 16.6. The van der Waals surface area contributed by atoms with E-state index in [4.69, 9.17) is 4.74 Å². The minimum absolute atomic E-state index is 0.119. The van der Waals surface area contributed by atoms with Gasteiger partial charge in [-0.05, 0) is 26.0 Å². The molecule has 0 aromatic carbocycles. The summed E-state index contributed by atoms with van der Waals surface area (Å²) in [6.45, 7) is 4.53. The number of aryl methyl sites for hydroxylation is 1. The number of esters is 1. The van der Waals surface area contributed by atoms with Crippen LogP contribution in [0.2, 0.25) is 0 Å². The van der Waals surface area contributed by atoms with Gasteiger partial charge in [0.15, 0.2) is 0 Å². The Hall–Kier alpha value is -1.73. The van der Waals surface area contributed by atoms with Crippen LogP contribution in [0, 0.1) is 6.92 Å². The molecule has 0 saturated carbocycles. The first-order valence-electron chi connectivity index (χ1n) is 7.02. The maximum atomic E-state index is 11.7. The maximum absolute atomic E-state index is 11.7. The first-order valence-corrected chi connectivity index (χ1v) is 8.71. The van der Waals surface area contributed by atoms with Gasteiger partial charge in [-0.3, -0.25) is 9.59 Å². The SMILES string of the molecule is CCOC(=O)CCC(=O)NCc1ccc(-c2csc(C)n2)s1. The van der Waals surface area contributed by atoms with Crippen LogP contribution in [0.25, 0.3) is 10.6 Å².